The van der Waals surface area contributed by atoms with Crippen molar-refractivity contribution < 1.29 is 9.47 Å². The van der Waals surface area contributed by atoms with Crippen molar-refractivity contribution in [3.05, 3.63) is 24.3 Å². The summed E-state index contributed by atoms with van der Waals surface area (Å²) in [6.07, 6.45) is 7.98. The third-order valence-corrected chi connectivity index (χ3v) is 5.89. The summed E-state index contributed by atoms with van der Waals surface area (Å²) in [7, 11) is 3.49. The monoisotopic (exact) mass is 516 g/mol. The molecule has 1 heterocycles. The number of aliphatic imine (C=N–C) groups is 1. The van der Waals surface area contributed by atoms with Crippen LogP contribution in [0.25, 0.3) is 0 Å². The zero-order valence-corrected chi connectivity index (χ0v) is 20.4. The summed E-state index contributed by atoms with van der Waals surface area (Å²) in [4.78, 5) is 7.09. The van der Waals surface area contributed by atoms with Crippen molar-refractivity contribution in [2.75, 3.05) is 33.8 Å². The number of para-hydroxylation sites is 2. The van der Waals surface area contributed by atoms with E-state index >= 15 is 0 Å². The molecule has 29 heavy (non-hydrogen) atoms. The molecule has 0 radical (unpaired) electrons. The topological polar surface area (TPSA) is 58.1 Å². The van der Waals surface area contributed by atoms with Crippen molar-refractivity contribution >= 4 is 29.9 Å². The van der Waals surface area contributed by atoms with Gasteiger partial charge in [0, 0.05) is 32.2 Å². The van der Waals surface area contributed by atoms with Crippen LogP contribution >= 0.6 is 24.0 Å². The van der Waals surface area contributed by atoms with Gasteiger partial charge in [0.05, 0.1) is 13.7 Å². The van der Waals surface area contributed by atoms with Crippen molar-refractivity contribution in [3.63, 3.8) is 0 Å². The van der Waals surface area contributed by atoms with Crippen molar-refractivity contribution in [2.24, 2.45) is 4.99 Å². The van der Waals surface area contributed by atoms with Gasteiger partial charge in [-0.15, -0.1) is 24.0 Å². The summed E-state index contributed by atoms with van der Waals surface area (Å²) in [5.74, 6) is 2.38. The molecule has 1 aromatic carbocycles. The van der Waals surface area contributed by atoms with Crippen LogP contribution in [0, 0.1) is 0 Å². The number of hydrogen-bond donors (Lipinski definition) is 2. The van der Waals surface area contributed by atoms with Gasteiger partial charge in [0.15, 0.2) is 17.5 Å². The molecular formula is C22H37IN4O2. The van der Waals surface area contributed by atoms with Gasteiger partial charge in [-0.2, -0.15) is 0 Å². The van der Waals surface area contributed by atoms with E-state index in [1.54, 1.807) is 7.11 Å². The summed E-state index contributed by atoms with van der Waals surface area (Å²) in [5.41, 5.74) is 0. The molecule has 1 aliphatic carbocycles. The van der Waals surface area contributed by atoms with E-state index < -0.39 is 0 Å². The van der Waals surface area contributed by atoms with Gasteiger partial charge >= 0.3 is 0 Å². The third-order valence-electron chi connectivity index (χ3n) is 5.89. The largest absolute Gasteiger partial charge is 0.493 e. The SMILES string of the molecule is CN=C(NCC(C)Oc1ccccc1OC)NC1CCN(C2CCCC2)CC1.I. The van der Waals surface area contributed by atoms with Crippen LogP contribution in [0.2, 0.25) is 0 Å². The normalized spacial score (nSPS) is 20.0. The predicted octanol–water partition coefficient (Wildman–Crippen LogP) is 3.65. The van der Waals surface area contributed by atoms with Gasteiger partial charge in [0.25, 0.3) is 0 Å². The van der Waals surface area contributed by atoms with Crippen molar-refractivity contribution in [1.29, 1.82) is 0 Å². The summed E-state index contributed by atoms with van der Waals surface area (Å²) < 4.78 is 11.4. The molecule has 6 nitrogen and oxygen atoms in total. The lowest BCUT2D eigenvalue weighted by Gasteiger charge is -2.36. The molecule has 2 fully saturated rings. The quantitative estimate of drug-likeness (QED) is 0.329. The second-order valence-electron chi connectivity index (χ2n) is 7.93. The number of methoxy groups -OCH3 is 1. The van der Waals surface area contributed by atoms with Gasteiger partial charge in [-0.05, 0) is 44.7 Å². The van der Waals surface area contributed by atoms with Crippen molar-refractivity contribution in [1.82, 2.24) is 15.5 Å². The molecule has 7 heteroatoms. The lowest BCUT2D eigenvalue weighted by molar-refractivity contribution is 0.150. The Balaban J connectivity index is 0.00000300. The fraction of sp³-hybridized carbons (Fsp3) is 0.682. The summed E-state index contributed by atoms with van der Waals surface area (Å²) in [6, 6.07) is 9.07. The first-order valence-electron chi connectivity index (χ1n) is 10.7. The number of rotatable bonds is 7. The number of benzene rings is 1. The molecule has 2 aliphatic rings. The standard InChI is InChI=1S/C22H36N4O2.HI/c1-17(28-21-11-7-6-10-20(21)27-3)16-24-22(23-2)25-18-12-14-26(15-13-18)19-8-4-5-9-19;/h6-7,10-11,17-19H,4-5,8-9,12-16H2,1-3H3,(H2,23,24,25);1H. The summed E-state index contributed by atoms with van der Waals surface area (Å²) in [6.45, 7) is 5.13. The Morgan fingerprint density at radius 3 is 2.41 bits per heavy atom. The molecule has 3 rings (SSSR count). The smallest absolute Gasteiger partial charge is 0.191 e. The number of guanidine groups is 1. The maximum absolute atomic E-state index is 6.02. The Bertz CT molecular complexity index is 629. The van der Waals surface area contributed by atoms with Crippen LogP contribution in [0.1, 0.15) is 45.4 Å². The van der Waals surface area contributed by atoms with E-state index in [4.69, 9.17) is 9.47 Å². The van der Waals surface area contributed by atoms with Crippen molar-refractivity contribution in [3.8, 4) is 11.5 Å². The van der Waals surface area contributed by atoms with E-state index in [0.717, 1.165) is 23.5 Å². The lowest BCUT2D eigenvalue weighted by atomic mass is 10.0. The molecule has 0 aromatic heterocycles. The molecule has 0 amide bonds. The average Bonchev–Trinajstić information content (AvgIpc) is 3.27. The Morgan fingerprint density at radius 1 is 1.14 bits per heavy atom. The number of halogens is 1. The molecule has 164 valence electrons. The van der Waals surface area contributed by atoms with Crippen LogP contribution in [-0.2, 0) is 0 Å². The van der Waals surface area contributed by atoms with Crippen LogP contribution in [0.3, 0.4) is 0 Å². The molecule has 1 saturated heterocycles. The van der Waals surface area contributed by atoms with E-state index in [0.29, 0.717) is 12.6 Å². The highest BCUT2D eigenvalue weighted by Crippen LogP contribution is 2.27. The van der Waals surface area contributed by atoms with E-state index in [1.165, 1.54) is 51.6 Å². The summed E-state index contributed by atoms with van der Waals surface area (Å²) >= 11 is 0. The predicted molar refractivity (Wildman–Crippen MR) is 130 cm³/mol. The Morgan fingerprint density at radius 2 is 1.79 bits per heavy atom. The number of likely N-dealkylation sites (tertiary alicyclic amines) is 1. The average molecular weight is 516 g/mol. The van der Waals surface area contributed by atoms with Crippen LogP contribution in [0.5, 0.6) is 11.5 Å². The second-order valence-corrected chi connectivity index (χ2v) is 7.93. The van der Waals surface area contributed by atoms with Crippen molar-refractivity contribution in [2.45, 2.75) is 63.6 Å². The van der Waals surface area contributed by atoms with Gasteiger partial charge < -0.3 is 25.0 Å². The molecular weight excluding hydrogens is 479 g/mol. The fourth-order valence-electron chi connectivity index (χ4n) is 4.28. The molecule has 1 atom stereocenters. The molecule has 2 N–H and O–H groups in total. The highest BCUT2D eigenvalue weighted by atomic mass is 127. The molecule has 0 spiro atoms. The molecule has 1 aliphatic heterocycles. The highest BCUT2D eigenvalue weighted by Gasteiger charge is 2.27. The maximum Gasteiger partial charge on any atom is 0.191 e. The molecule has 1 saturated carbocycles. The Kier molecular flexibility index (Phi) is 10.3. The number of nitrogens with one attached hydrogen (secondary N) is 2. The minimum absolute atomic E-state index is 0. The van der Waals surface area contributed by atoms with E-state index in [2.05, 4.69) is 20.5 Å². The number of hydrogen-bond acceptors (Lipinski definition) is 4. The second kappa shape index (κ2) is 12.5. The number of ether oxygens (including phenoxy) is 2. The minimum Gasteiger partial charge on any atom is -0.493 e. The van der Waals surface area contributed by atoms with Crippen LogP contribution in [0.15, 0.2) is 29.3 Å². The zero-order valence-electron chi connectivity index (χ0n) is 18.0. The van der Waals surface area contributed by atoms with Crippen LogP contribution in [0.4, 0.5) is 0 Å². The molecule has 1 unspecified atom stereocenters. The van der Waals surface area contributed by atoms with Gasteiger partial charge in [0.1, 0.15) is 6.10 Å². The third kappa shape index (κ3) is 7.20. The number of nitrogens with zero attached hydrogens (tertiary/aromatic N) is 2. The maximum atomic E-state index is 6.02. The van der Waals surface area contributed by atoms with E-state index in [1.807, 2.05) is 38.2 Å². The van der Waals surface area contributed by atoms with Gasteiger partial charge in [-0.3, -0.25) is 4.99 Å². The molecule has 0 bridgehead atoms. The summed E-state index contributed by atoms with van der Waals surface area (Å²) in [5, 5.41) is 6.99. The minimum atomic E-state index is -0.000867. The van der Waals surface area contributed by atoms with Crippen LogP contribution < -0.4 is 20.1 Å². The van der Waals surface area contributed by atoms with E-state index in [9.17, 15) is 0 Å². The fourth-order valence-corrected chi connectivity index (χ4v) is 4.28. The number of piperidine rings is 1. The Hall–Kier alpha value is -1.22. The molecule has 1 aromatic rings. The van der Waals surface area contributed by atoms with Gasteiger partial charge in [-0.25, -0.2) is 0 Å². The highest BCUT2D eigenvalue weighted by molar-refractivity contribution is 14.0. The van der Waals surface area contributed by atoms with E-state index in [-0.39, 0.29) is 30.1 Å². The van der Waals surface area contributed by atoms with Gasteiger partial charge in [-0.1, -0.05) is 25.0 Å². The van der Waals surface area contributed by atoms with Gasteiger partial charge in [0.2, 0.25) is 0 Å². The van der Waals surface area contributed by atoms with Crippen LogP contribution in [-0.4, -0.2) is 62.8 Å². The Labute approximate surface area is 192 Å². The first-order chi connectivity index (χ1) is 13.7. The zero-order chi connectivity index (χ0) is 19.8. The first kappa shape index (κ1) is 24.1. The lowest BCUT2D eigenvalue weighted by Crippen LogP contribution is -2.51. The first-order valence-corrected chi connectivity index (χ1v) is 10.7.